The van der Waals surface area contributed by atoms with Gasteiger partial charge in [-0.15, -0.1) is 0 Å². The van der Waals surface area contributed by atoms with E-state index in [1.807, 2.05) is 24.3 Å². The van der Waals surface area contributed by atoms with Crippen molar-refractivity contribution in [2.75, 3.05) is 0 Å². The third-order valence-corrected chi connectivity index (χ3v) is 2.61. The Labute approximate surface area is 91.5 Å². The van der Waals surface area contributed by atoms with Crippen LogP contribution in [0.25, 0.3) is 0 Å². The Balaban J connectivity index is 2.70. The molecule has 0 aliphatic heterocycles. The standard InChI is InChI=1S/C13H17NO/c1-4-13(2,3)15-10-12-8-6-5-7-11(12)9-14/h5-8H,4,10H2,1-3H3. The molecule has 0 saturated carbocycles. The van der Waals surface area contributed by atoms with Crippen molar-refractivity contribution in [1.82, 2.24) is 0 Å². The van der Waals surface area contributed by atoms with Crippen LogP contribution in [0.3, 0.4) is 0 Å². The van der Waals surface area contributed by atoms with Crippen molar-refractivity contribution in [1.29, 1.82) is 5.26 Å². The van der Waals surface area contributed by atoms with Gasteiger partial charge in [-0.2, -0.15) is 5.26 Å². The quantitative estimate of drug-likeness (QED) is 0.752. The largest absolute Gasteiger partial charge is 0.371 e. The molecule has 0 heterocycles. The summed E-state index contributed by atoms with van der Waals surface area (Å²) < 4.78 is 5.76. The number of hydrogen-bond acceptors (Lipinski definition) is 2. The average molecular weight is 203 g/mol. The summed E-state index contributed by atoms with van der Waals surface area (Å²) in [4.78, 5) is 0. The molecule has 15 heavy (non-hydrogen) atoms. The molecule has 0 saturated heterocycles. The van der Waals surface area contributed by atoms with Crippen LogP contribution in [0, 0.1) is 11.3 Å². The lowest BCUT2D eigenvalue weighted by Crippen LogP contribution is -2.22. The lowest BCUT2D eigenvalue weighted by molar-refractivity contribution is -0.0317. The van der Waals surface area contributed by atoms with E-state index < -0.39 is 0 Å². The van der Waals surface area contributed by atoms with Gasteiger partial charge in [-0.25, -0.2) is 0 Å². The number of benzene rings is 1. The fourth-order valence-electron chi connectivity index (χ4n) is 1.13. The summed E-state index contributed by atoms with van der Waals surface area (Å²) in [5, 5.41) is 8.90. The molecule has 0 N–H and O–H groups in total. The predicted molar refractivity (Wildman–Crippen MR) is 60.3 cm³/mol. The normalized spacial score (nSPS) is 11.1. The van der Waals surface area contributed by atoms with Crippen molar-refractivity contribution in [3.05, 3.63) is 35.4 Å². The molecule has 0 aromatic heterocycles. The van der Waals surface area contributed by atoms with Gasteiger partial charge in [0.1, 0.15) is 0 Å². The van der Waals surface area contributed by atoms with Crippen LogP contribution in [0.15, 0.2) is 24.3 Å². The molecule has 0 unspecified atom stereocenters. The first-order valence-corrected chi connectivity index (χ1v) is 5.21. The van der Waals surface area contributed by atoms with Gasteiger partial charge in [0, 0.05) is 0 Å². The van der Waals surface area contributed by atoms with Gasteiger partial charge in [-0.3, -0.25) is 0 Å². The first-order chi connectivity index (χ1) is 7.09. The van der Waals surface area contributed by atoms with Crippen LogP contribution in [0.1, 0.15) is 38.3 Å². The molecule has 0 spiro atoms. The van der Waals surface area contributed by atoms with E-state index in [2.05, 4.69) is 26.8 Å². The van der Waals surface area contributed by atoms with Crippen LogP contribution >= 0.6 is 0 Å². The monoisotopic (exact) mass is 203 g/mol. The lowest BCUT2D eigenvalue weighted by Gasteiger charge is -2.23. The van der Waals surface area contributed by atoms with Crippen LogP contribution in [0.4, 0.5) is 0 Å². The zero-order chi connectivity index (χ0) is 11.3. The average Bonchev–Trinajstić information content (AvgIpc) is 2.27. The van der Waals surface area contributed by atoms with Gasteiger partial charge in [-0.05, 0) is 31.9 Å². The topological polar surface area (TPSA) is 33.0 Å². The first-order valence-electron chi connectivity index (χ1n) is 5.21. The van der Waals surface area contributed by atoms with Crippen molar-refractivity contribution in [3.8, 4) is 6.07 Å². The minimum atomic E-state index is -0.122. The molecular weight excluding hydrogens is 186 g/mol. The summed E-state index contributed by atoms with van der Waals surface area (Å²) >= 11 is 0. The molecule has 0 aliphatic rings. The van der Waals surface area contributed by atoms with Gasteiger partial charge in [0.2, 0.25) is 0 Å². The minimum Gasteiger partial charge on any atom is -0.371 e. The molecule has 1 rings (SSSR count). The highest BCUT2D eigenvalue weighted by Crippen LogP contribution is 2.17. The van der Waals surface area contributed by atoms with E-state index in [1.54, 1.807) is 0 Å². The lowest BCUT2D eigenvalue weighted by atomic mass is 10.1. The van der Waals surface area contributed by atoms with Crippen molar-refractivity contribution in [2.24, 2.45) is 0 Å². The van der Waals surface area contributed by atoms with Gasteiger partial charge in [0.25, 0.3) is 0 Å². The molecule has 0 atom stereocenters. The van der Waals surface area contributed by atoms with Gasteiger partial charge in [-0.1, -0.05) is 25.1 Å². The van der Waals surface area contributed by atoms with Crippen molar-refractivity contribution < 1.29 is 4.74 Å². The maximum atomic E-state index is 8.90. The van der Waals surface area contributed by atoms with Gasteiger partial charge >= 0.3 is 0 Å². The maximum Gasteiger partial charge on any atom is 0.0995 e. The summed E-state index contributed by atoms with van der Waals surface area (Å²) in [5.74, 6) is 0. The molecule has 1 aromatic carbocycles. The smallest absolute Gasteiger partial charge is 0.0995 e. The van der Waals surface area contributed by atoms with Crippen LogP contribution < -0.4 is 0 Å². The fourth-order valence-corrected chi connectivity index (χ4v) is 1.13. The summed E-state index contributed by atoms with van der Waals surface area (Å²) in [6, 6.07) is 9.72. The summed E-state index contributed by atoms with van der Waals surface area (Å²) in [6.45, 7) is 6.71. The van der Waals surface area contributed by atoms with E-state index in [4.69, 9.17) is 10.00 Å². The second-order valence-corrected chi connectivity index (χ2v) is 4.17. The zero-order valence-electron chi connectivity index (χ0n) is 9.58. The first kappa shape index (κ1) is 11.7. The van der Waals surface area contributed by atoms with Crippen LogP contribution in [0.2, 0.25) is 0 Å². The molecule has 80 valence electrons. The van der Waals surface area contributed by atoms with Gasteiger partial charge < -0.3 is 4.74 Å². The molecule has 0 bridgehead atoms. The Morgan fingerprint density at radius 3 is 2.60 bits per heavy atom. The molecule has 2 nitrogen and oxygen atoms in total. The number of nitrogens with zero attached hydrogens (tertiary/aromatic N) is 1. The van der Waals surface area contributed by atoms with Crippen LogP contribution in [-0.4, -0.2) is 5.60 Å². The van der Waals surface area contributed by atoms with Crippen molar-refractivity contribution in [3.63, 3.8) is 0 Å². The van der Waals surface area contributed by atoms with E-state index in [0.717, 1.165) is 12.0 Å². The molecule has 0 fully saturated rings. The number of hydrogen-bond donors (Lipinski definition) is 0. The predicted octanol–water partition coefficient (Wildman–Crippen LogP) is 3.26. The van der Waals surface area contributed by atoms with Crippen LogP contribution in [0.5, 0.6) is 0 Å². The highest BCUT2D eigenvalue weighted by molar-refractivity contribution is 5.36. The number of ether oxygens (including phenoxy) is 1. The molecule has 0 aliphatic carbocycles. The third-order valence-electron chi connectivity index (χ3n) is 2.61. The van der Waals surface area contributed by atoms with E-state index in [-0.39, 0.29) is 5.60 Å². The maximum absolute atomic E-state index is 8.90. The fraction of sp³-hybridized carbons (Fsp3) is 0.462. The Hall–Kier alpha value is -1.33. The molecule has 0 amide bonds. The Morgan fingerprint density at radius 1 is 1.33 bits per heavy atom. The SMILES string of the molecule is CCC(C)(C)OCc1ccccc1C#N. The number of rotatable bonds is 4. The number of nitriles is 1. The van der Waals surface area contributed by atoms with E-state index in [0.29, 0.717) is 12.2 Å². The second-order valence-electron chi connectivity index (χ2n) is 4.17. The second kappa shape index (κ2) is 4.95. The molecule has 1 aromatic rings. The van der Waals surface area contributed by atoms with Gasteiger partial charge in [0.05, 0.1) is 23.8 Å². The summed E-state index contributed by atoms with van der Waals surface area (Å²) in [5.41, 5.74) is 1.54. The Kier molecular flexibility index (Phi) is 3.88. The van der Waals surface area contributed by atoms with E-state index >= 15 is 0 Å². The van der Waals surface area contributed by atoms with Crippen molar-refractivity contribution in [2.45, 2.75) is 39.4 Å². The Bertz CT molecular complexity index is 363. The van der Waals surface area contributed by atoms with Crippen molar-refractivity contribution >= 4 is 0 Å². The van der Waals surface area contributed by atoms with Gasteiger partial charge in [0.15, 0.2) is 0 Å². The highest BCUT2D eigenvalue weighted by atomic mass is 16.5. The van der Waals surface area contributed by atoms with Crippen LogP contribution in [-0.2, 0) is 11.3 Å². The minimum absolute atomic E-state index is 0.122. The summed E-state index contributed by atoms with van der Waals surface area (Å²) in [7, 11) is 0. The highest BCUT2D eigenvalue weighted by Gasteiger charge is 2.15. The molecular formula is C13H17NO. The molecule has 0 radical (unpaired) electrons. The third kappa shape index (κ3) is 3.38. The van der Waals surface area contributed by atoms with E-state index in [9.17, 15) is 0 Å². The van der Waals surface area contributed by atoms with E-state index in [1.165, 1.54) is 0 Å². The summed E-state index contributed by atoms with van der Waals surface area (Å²) in [6.07, 6.45) is 0.960. The zero-order valence-corrected chi connectivity index (χ0v) is 9.58. The molecule has 2 heteroatoms. The Morgan fingerprint density at radius 2 is 2.00 bits per heavy atom.